The predicted molar refractivity (Wildman–Crippen MR) is 70.8 cm³/mol. The van der Waals surface area contributed by atoms with Crippen LogP contribution in [0.25, 0.3) is 4.85 Å². The van der Waals surface area contributed by atoms with Crippen molar-refractivity contribution < 1.29 is 0 Å². The summed E-state index contributed by atoms with van der Waals surface area (Å²) < 4.78 is 0. The van der Waals surface area contributed by atoms with E-state index < -0.39 is 0 Å². The van der Waals surface area contributed by atoms with Crippen molar-refractivity contribution in [2.75, 3.05) is 0 Å². The van der Waals surface area contributed by atoms with Crippen LogP contribution >= 0.6 is 0 Å². The zero-order valence-corrected chi connectivity index (χ0v) is 9.88. The number of hydrogen-bond donors (Lipinski definition) is 0. The van der Waals surface area contributed by atoms with Gasteiger partial charge in [0.15, 0.2) is 0 Å². The standard InChI is InChI=1S/C16H15N/c1-13(17-2)16(14-9-5-3-6-10-14)15-11-7-4-8-12-15/h3-13,16H,1H3. The topological polar surface area (TPSA) is 4.36 Å². The highest BCUT2D eigenvalue weighted by Crippen LogP contribution is 2.29. The Morgan fingerprint density at radius 2 is 1.24 bits per heavy atom. The maximum Gasteiger partial charge on any atom is 0.231 e. The summed E-state index contributed by atoms with van der Waals surface area (Å²) in [5, 5.41) is 0. The van der Waals surface area contributed by atoms with E-state index in [-0.39, 0.29) is 12.0 Å². The van der Waals surface area contributed by atoms with Crippen LogP contribution in [0.3, 0.4) is 0 Å². The summed E-state index contributed by atoms with van der Waals surface area (Å²) in [7, 11) is 0. The molecule has 0 radical (unpaired) electrons. The first kappa shape index (κ1) is 11.4. The summed E-state index contributed by atoms with van der Waals surface area (Å²) in [6, 6.07) is 20.5. The summed E-state index contributed by atoms with van der Waals surface area (Å²) in [5.41, 5.74) is 2.42. The van der Waals surface area contributed by atoms with E-state index >= 15 is 0 Å². The van der Waals surface area contributed by atoms with Crippen molar-refractivity contribution in [3.63, 3.8) is 0 Å². The van der Waals surface area contributed by atoms with Gasteiger partial charge in [-0.3, -0.25) is 0 Å². The van der Waals surface area contributed by atoms with E-state index in [4.69, 9.17) is 6.57 Å². The normalized spacial score (nSPS) is 12.1. The highest BCUT2D eigenvalue weighted by molar-refractivity contribution is 5.34. The lowest BCUT2D eigenvalue weighted by Gasteiger charge is -2.17. The highest BCUT2D eigenvalue weighted by Gasteiger charge is 2.24. The lowest BCUT2D eigenvalue weighted by Crippen LogP contribution is -2.13. The van der Waals surface area contributed by atoms with Crippen LogP contribution in [0.5, 0.6) is 0 Å². The van der Waals surface area contributed by atoms with Crippen molar-refractivity contribution in [2.45, 2.75) is 18.9 Å². The molecule has 0 fully saturated rings. The largest absolute Gasteiger partial charge is 0.313 e. The van der Waals surface area contributed by atoms with Crippen molar-refractivity contribution in [2.24, 2.45) is 0 Å². The van der Waals surface area contributed by atoms with Crippen LogP contribution in [-0.2, 0) is 0 Å². The number of benzene rings is 2. The molecule has 0 amide bonds. The van der Waals surface area contributed by atoms with E-state index in [1.54, 1.807) is 0 Å². The van der Waals surface area contributed by atoms with Crippen LogP contribution in [0.1, 0.15) is 24.0 Å². The van der Waals surface area contributed by atoms with Gasteiger partial charge in [-0.1, -0.05) is 60.7 Å². The molecule has 1 unspecified atom stereocenters. The number of hydrogen-bond acceptors (Lipinski definition) is 0. The Morgan fingerprint density at radius 3 is 1.59 bits per heavy atom. The molecule has 0 saturated heterocycles. The SMILES string of the molecule is [C-]#[N+]C(C)C(c1ccccc1)c1ccccc1. The average molecular weight is 221 g/mol. The molecule has 0 heterocycles. The maximum absolute atomic E-state index is 7.26. The molecule has 0 bridgehead atoms. The van der Waals surface area contributed by atoms with Gasteiger partial charge in [0.25, 0.3) is 0 Å². The monoisotopic (exact) mass is 221 g/mol. The fourth-order valence-corrected chi connectivity index (χ4v) is 2.14. The maximum atomic E-state index is 7.26. The molecule has 0 aliphatic rings. The summed E-state index contributed by atoms with van der Waals surface area (Å²) in [6.07, 6.45) is 0. The molecule has 0 saturated carbocycles. The Hall–Kier alpha value is -2.07. The Bertz CT molecular complexity index is 457. The van der Waals surface area contributed by atoms with Gasteiger partial charge in [0.2, 0.25) is 6.04 Å². The van der Waals surface area contributed by atoms with Gasteiger partial charge >= 0.3 is 0 Å². The van der Waals surface area contributed by atoms with Gasteiger partial charge in [0, 0.05) is 6.92 Å². The number of rotatable bonds is 3. The third-order valence-electron chi connectivity index (χ3n) is 3.00. The van der Waals surface area contributed by atoms with Crippen LogP contribution in [0.2, 0.25) is 0 Å². The second-order valence-corrected chi connectivity index (χ2v) is 4.17. The van der Waals surface area contributed by atoms with E-state index in [2.05, 4.69) is 29.1 Å². The van der Waals surface area contributed by atoms with Crippen LogP contribution in [0.4, 0.5) is 0 Å². The first-order valence-corrected chi connectivity index (χ1v) is 5.79. The molecule has 1 atom stereocenters. The molecular formula is C16H15N. The molecule has 2 aromatic carbocycles. The fraction of sp³-hybridized carbons (Fsp3) is 0.188. The van der Waals surface area contributed by atoms with Gasteiger partial charge < -0.3 is 4.85 Å². The Balaban J connectivity index is 2.44. The van der Waals surface area contributed by atoms with Crippen molar-refractivity contribution >= 4 is 0 Å². The van der Waals surface area contributed by atoms with E-state index in [0.717, 1.165) is 0 Å². The minimum atomic E-state index is -0.0419. The van der Waals surface area contributed by atoms with Gasteiger partial charge in [-0.25, -0.2) is 6.57 Å². The molecular weight excluding hydrogens is 206 g/mol. The average Bonchev–Trinajstić information content (AvgIpc) is 2.41. The van der Waals surface area contributed by atoms with Crippen LogP contribution in [-0.4, -0.2) is 6.04 Å². The smallest absolute Gasteiger partial charge is 0.231 e. The summed E-state index contributed by atoms with van der Waals surface area (Å²) in [4.78, 5) is 3.69. The van der Waals surface area contributed by atoms with Crippen molar-refractivity contribution in [3.8, 4) is 0 Å². The molecule has 0 aliphatic heterocycles. The van der Waals surface area contributed by atoms with E-state index in [1.807, 2.05) is 43.3 Å². The molecule has 0 spiro atoms. The Morgan fingerprint density at radius 1 is 0.824 bits per heavy atom. The Kier molecular flexibility index (Phi) is 3.57. The quantitative estimate of drug-likeness (QED) is 0.686. The zero-order valence-electron chi connectivity index (χ0n) is 9.88. The van der Waals surface area contributed by atoms with Gasteiger partial charge in [0.1, 0.15) is 0 Å². The third kappa shape index (κ3) is 2.54. The molecule has 1 nitrogen and oxygen atoms in total. The van der Waals surface area contributed by atoms with Gasteiger partial charge in [-0.2, -0.15) is 0 Å². The molecule has 17 heavy (non-hydrogen) atoms. The number of nitrogens with zero attached hydrogens (tertiary/aromatic N) is 1. The molecule has 0 N–H and O–H groups in total. The summed E-state index contributed by atoms with van der Waals surface area (Å²) in [6.45, 7) is 9.25. The van der Waals surface area contributed by atoms with E-state index in [9.17, 15) is 0 Å². The second kappa shape index (κ2) is 5.32. The first-order chi connectivity index (χ1) is 8.33. The minimum absolute atomic E-state index is 0.0419. The fourth-order valence-electron chi connectivity index (χ4n) is 2.14. The predicted octanol–water partition coefficient (Wildman–Crippen LogP) is 4.13. The van der Waals surface area contributed by atoms with Crippen LogP contribution < -0.4 is 0 Å². The van der Waals surface area contributed by atoms with Gasteiger partial charge in [-0.05, 0) is 11.1 Å². The molecule has 2 aromatic rings. The molecule has 1 heteroatoms. The zero-order chi connectivity index (χ0) is 12.1. The molecule has 2 rings (SSSR count). The van der Waals surface area contributed by atoms with Crippen molar-refractivity contribution in [1.29, 1.82) is 0 Å². The van der Waals surface area contributed by atoms with Crippen molar-refractivity contribution in [3.05, 3.63) is 83.2 Å². The van der Waals surface area contributed by atoms with Crippen molar-refractivity contribution in [1.82, 2.24) is 0 Å². The lowest BCUT2D eigenvalue weighted by atomic mass is 9.86. The minimum Gasteiger partial charge on any atom is -0.313 e. The highest BCUT2D eigenvalue weighted by atomic mass is 14.7. The van der Waals surface area contributed by atoms with E-state index in [1.165, 1.54) is 11.1 Å². The molecule has 84 valence electrons. The van der Waals surface area contributed by atoms with Crippen LogP contribution in [0, 0.1) is 6.57 Å². The second-order valence-electron chi connectivity index (χ2n) is 4.17. The Labute approximate surface area is 103 Å². The van der Waals surface area contributed by atoms with Gasteiger partial charge in [-0.15, -0.1) is 0 Å². The lowest BCUT2D eigenvalue weighted by molar-refractivity contribution is 0.724. The molecule has 0 aromatic heterocycles. The van der Waals surface area contributed by atoms with E-state index in [0.29, 0.717) is 0 Å². The van der Waals surface area contributed by atoms with Crippen LogP contribution in [0.15, 0.2) is 60.7 Å². The molecule has 0 aliphatic carbocycles. The summed E-state index contributed by atoms with van der Waals surface area (Å²) in [5.74, 6) is 0.162. The third-order valence-corrected chi connectivity index (χ3v) is 3.00. The summed E-state index contributed by atoms with van der Waals surface area (Å²) >= 11 is 0. The first-order valence-electron chi connectivity index (χ1n) is 5.79. The van der Waals surface area contributed by atoms with Gasteiger partial charge in [0.05, 0.1) is 5.92 Å².